The number of carbonyl (C=O) groups is 1. The highest BCUT2D eigenvalue weighted by Gasteiger charge is 2.19. The van der Waals surface area contributed by atoms with Gasteiger partial charge in [0.15, 0.2) is 5.75 Å². The van der Waals surface area contributed by atoms with Crippen molar-refractivity contribution < 1.29 is 19.2 Å². The molecule has 3 rings (SSSR count). The number of rotatable bonds is 12. The number of fused-ring (bicyclic) bond motifs is 1. The van der Waals surface area contributed by atoms with E-state index < -0.39 is 4.92 Å². The van der Waals surface area contributed by atoms with E-state index in [1.54, 1.807) is 18.2 Å². The molecule has 0 saturated carbocycles. The minimum absolute atomic E-state index is 0.152. The van der Waals surface area contributed by atoms with Crippen molar-refractivity contribution in [2.75, 3.05) is 19.0 Å². The number of unbranched alkanes of at least 4 members (excludes halogenated alkanes) is 4. The number of hydrogen-bond donors (Lipinski definition) is 1. The third-order valence-corrected chi connectivity index (χ3v) is 5.22. The highest BCUT2D eigenvalue weighted by Crippen LogP contribution is 2.34. The molecule has 0 amide bonds. The van der Waals surface area contributed by atoms with Gasteiger partial charge in [0, 0.05) is 29.8 Å². The molecule has 0 bridgehead atoms. The molecule has 0 atom stereocenters. The zero-order valence-electron chi connectivity index (χ0n) is 19.0. The molecule has 9 heteroatoms. The second kappa shape index (κ2) is 12.2. The number of hydrogen-bond acceptors (Lipinski definition) is 8. The summed E-state index contributed by atoms with van der Waals surface area (Å²) in [5.74, 6) is 2.97. The Balaban J connectivity index is 1.66. The van der Waals surface area contributed by atoms with E-state index in [2.05, 4.69) is 25.9 Å². The molecule has 0 fully saturated rings. The van der Waals surface area contributed by atoms with Gasteiger partial charge in [-0.15, -0.1) is 6.42 Å². The number of methoxy groups -OCH3 is 1. The van der Waals surface area contributed by atoms with E-state index in [1.807, 2.05) is 12.1 Å². The normalized spacial score (nSPS) is 10.5. The van der Waals surface area contributed by atoms with Gasteiger partial charge in [0.05, 0.1) is 29.5 Å². The first-order valence-corrected chi connectivity index (χ1v) is 11.0. The zero-order valence-corrected chi connectivity index (χ0v) is 19.0. The molecule has 0 aliphatic carbocycles. The fourth-order valence-corrected chi connectivity index (χ4v) is 3.44. The van der Waals surface area contributed by atoms with Crippen LogP contribution in [0.5, 0.6) is 5.75 Å². The maximum absolute atomic E-state index is 11.7. The smallest absolute Gasteiger partial charge is 0.311 e. The van der Waals surface area contributed by atoms with Gasteiger partial charge in [-0.1, -0.05) is 31.2 Å². The standard InChI is InChI=1S/C25H26N4O5/c1-3-18-10-9-11-19(14-18)28-25-20-15-22(29(31)32)23(16-21(20)26-17-27-25)34-13-8-6-4-5-7-12-24(30)33-2/h1,9-11,14-17H,4-8,12-13H2,2H3,(H,26,27,28). The number of benzene rings is 2. The number of carbonyl (C=O) groups excluding carboxylic acids is 1. The maximum atomic E-state index is 11.7. The summed E-state index contributed by atoms with van der Waals surface area (Å²) >= 11 is 0. The van der Waals surface area contributed by atoms with Gasteiger partial charge in [-0.2, -0.15) is 0 Å². The molecule has 0 radical (unpaired) electrons. The van der Waals surface area contributed by atoms with E-state index in [0.717, 1.165) is 32.1 Å². The number of nitro groups is 1. The van der Waals surface area contributed by atoms with Gasteiger partial charge in [-0.3, -0.25) is 14.9 Å². The second-order valence-electron chi connectivity index (χ2n) is 7.61. The van der Waals surface area contributed by atoms with Crippen LogP contribution in [-0.2, 0) is 9.53 Å². The number of nitrogens with zero attached hydrogens (tertiary/aromatic N) is 3. The second-order valence-corrected chi connectivity index (χ2v) is 7.61. The van der Waals surface area contributed by atoms with Crippen LogP contribution in [0.1, 0.15) is 44.1 Å². The van der Waals surface area contributed by atoms with Gasteiger partial charge in [-0.05, 0) is 31.0 Å². The molecule has 3 aromatic rings. The van der Waals surface area contributed by atoms with E-state index in [-0.39, 0.29) is 17.4 Å². The molecule has 34 heavy (non-hydrogen) atoms. The molecule has 0 aliphatic rings. The largest absolute Gasteiger partial charge is 0.487 e. The van der Waals surface area contributed by atoms with Crippen LogP contribution >= 0.6 is 0 Å². The highest BCUT2D eigenvalue weighted by atomic mass is 16.6. The van der Waals surface area contributed by atoms with Gasteiger partial charge < -0.3 is 14.8 Å². The maximum Gasteiger partial charge on any atom is 0.311 e. The topological polar surface area (TPSA) is 116 Å². The number of aromatic nitrogens is 2. The summed E-state index contributed by atoms with van der Waals surface area (Å²) in [5.41, 5.74) is 1.79. The van der Waals surface area contributed by atoms with Gasteiger partial charge in [0.2, 0.25) is 0 Å². The number of ether oxygens (including phenoxy) is 2. The molecule has 0 spiro atoms. The van der Waals surface area contributed by atoms with E-state index in [1.165, 1.54) is 19.5 Å². The highest BCUT2D eigenvalue weighted by molar-refractivity contribution is 5.93. The third-order valence-electron chi connectivity index (χ3n) is 5.22. The monoisotopic (exact) mass is 462 g/mol. The lowest BCUT2D eigenvalue weighted by atomic mass is 10.1. The van der Waals surface area contributed by atoms with Crippen molar-refractivity contribution in [1.29, 1.82) is 0 Å². The van der Waals surface area contributed by atoms with Crippen molar-refractivity contribution in [3.63, 3.8) is 0 Å². The molecule has 2 aromatic carbocycles. The molecule has 9 nitrogen and oxygen atoms in total. The molecule has 176 valence electrons. The van der Waals surface area contributed by atoms with Crippen LogP contribution in [0.2, 0.25) is 0 Å². The van der Waals surface area contributed by atoms with Crippen LogP contribution in [0, 0.1) is 22.5 Å². The summed E-state index contributed by atoms with van der Waals surface area (Å²) in [4.78, 5) is 30.8. The molecule has 0 unspecified atom stereocenters. The minimum atomic E-state index is -0.475. The first-order valence-electron chi connectivity index (χ1n) is 11.0. The predicted octanol–water partition coefficient (Wildman–Crippen LogP) is 5.16. The lowest BCUT2D eigenvalue weighted by molar-refractivity contribution is -0.385. The number of nitrogens with one attached hydrogen (secondary N) is 1. The summed E-state index contributed by atoms with van der Waals surface area (Å²) < 4.78 is 10.4. The van der Waals surface area contributed by atoms with Gasteiger partial charge in [0.25, 0.3) is 0 Å². The Bertz CT molecular complexity index is 1210. The molecule has 0 aliphatic heterocycles. The number of anilines is 2. The number of esters is 1. The van der Waals surface area contributed by atoms with Crippen LogP contribution in [0.4, 0.5) is 17.2 Å². The van der Waals surface area contributed by atoms with Gasteiger partial charge >= 0.3 is 11.7 Å². The fraction of sp³-hybridized carbons (Fsp3) is 0.320. The minimum Gasteiger partial charge on any atom is -0.487 e. The summed E-state index contributed by atoms with van der Waals surface area (Å²) in [6.07, 6.45) is 11.6. The summed E-state index contributed by atoms with van der Waals surface area (Å²) in [7, 11) is 1.38. The van der Waals surface area contributed by atoms with Crippen LogP contribution in [-0.4, -0.2) is 34.6 Å². The molecule has 1 N–H and O–H groups in total. The number of nitro benzene ring substituents is 1. The predicted molar refractivity (Wildman–Crippen MR) is 129 cm³/mol. The average Bonchev–Trinajstić information content (AvgIpc) is 2.85. The first-order chi connectivity index (χ1) is 16.5. The van der Waals surface area contributed by atoms with Crippen molar-refractivity contribution in [2.45, 2.75) is 38.5 Å². The fourth-order valence-electron chi connectivity index (χ4n) is 3.44. The van der Waals surface area contributed by atoms with Gasteiger partial charge in [0.1, 0.15) is 12.1 Å². The summed E-state index contributed by atoms with van der Waals surface area (Å²) in [6, 6.07) is 10.2. The quantitative estimate of drug-likeness (QED) is 0.129. The van der Waals surface area contributed by atoms with E-state index in [4.69, 9.17) is 11.2 Å². The Kier molecular flexibility index (Phi) is 8.74. The average molecular weight is 463 g/mol. The van der Waals surface area contributed by atoms with E-state index in [0.29, 0.717) is 41.0 Å². The zero-order chi connectivity index (χ0) is 24.3. The van der Waals surface area contributed by atoms with Crippen LogP contribution in [0.25, 0.3) is 10.9 Å². The van der Waals surface area contributed by atoms with Crippen molar-refractivity contribution in [3.8, 4) is 18.1 Å². The molecule has 0 saturated heterocycles. The van der Waals surface area contributed by atoms with Crippen molar-refractivity contribution >= 4 is 34.1 Å². The van der Waals surface area contributed by atoms with Crippen LogP contribution < -0.4 is 10.1 Å². The first kappa shape index (κ1) is 24.5. The summed E-state index contributed by atoms with van der Waals surface area (Å²) in [5, 5.41) is 15.4. The summed E-state index contributed by atoms with van der Waals surface area (Å²) in [6.45, 7) is 0.346. The van der Waals surface area contributed by atoms with Crippen molar-refractivity contribution in [3.05, 3.63) is 58.4 Å². The van der Waals surface area contributed by atoms with Crippen molar-refractivity contribution in [2.24, 2.45) is 0 Å². The number of terminal acetylenes is 1. The third kappa shape index (κ3) is 6.65. The molecule has 1 aromatic heterocycles. The Hall–Kier alpha value is -4.19. The van der Waals surface area contributed by atoms with Gasteiger partial charge in [-0.25, -0.2) is 9.97 Å². The Morgan fingerprint density at radius 1 is 1.15 bits per heavy atom. The Morgan fingerprint density at radius 2 is 1.94 bits per heavy atom. The van der Waals surface area contributed by atoms with Crippen LogP contribution in [0.15, 0.2) is 42.7 Å². The Labute approximate surface area is 197 Å². The van der Waals surface area contributed by atoms with Crippen LogP contribution in [0.3, 0.4) is 0 Å². The van der Waals surface area contributed by atoms with Crippen molar-refractivity contribution in [1.82, 2.24) is 9.97 Å². The molecular formula is C25H26N4O5. The molecular weight excluding hydrogens is 436 g/mol. The Morgan fingerprint density at radius 3 is 2.71 bits per heavy atom. The lowest BCUT2D eigenvalue weighted by Gasteiger charge is -2.11. The van der Waals surface area contributed by atoms with E-state index >= 15 is 0 Å². The lowest BCUT2D eigenvalue weighted by Crippen LogP contribution is -2.03. The molecule has 1 heterocycles. The van der Waals surface area contributed by atoms with E-state index in [9.17, 15) is 14.9 Å². The SMILES string of the molecule is C#Cc1cccc(Nc2ncnc3cc(OCCCCCCCC(=O)OC)c([N+](=O)[O-])cc23)c1.